The Kier molecular flexibility index (Phi) is 4.98. The number of allylic oxidation sites excluding steroid dienone is 1. The molecule has 0 radical (unpaired) electrons. The molecule has 1 atom stereocenters. The Morgan fingerprint density at radius 3 is 2.94 bits per heavy atom. The van der Waals surface area contributed by atoms with Gasteiger partial charge in [0.15, 0.2) is 0 Å². The molecule has 0 bridgehead atoms. The predicted molar refractivity (Wildman–Crippen MR) is 75.1 cm³/mol. The Balaban J connectivity index is 1.93. The summed E-state index contributed by atoms with van der Waals surface area (Å²) >= 11 is 1.53. The normalized spacial score (nSPS) is 18.9. The maximum atomic E-state index is 9.71. The SMILES string of the molecule is N#CCC(O)c1cc(/C=C/C2CCCCC2)cs1. The van der Waals surface area contributed by atoms with Crippen LogP contribution in [0.3, 0.4) is 0 Å². The van der Waals surface area contributed by atoms with Gasteiger partial charge in [-0.2, -0.15) is 5.26 Å². The summed E-state index contributed by atoms with van der Waals surface area (Å²) in [6, 6.07) is 3.99. The van der Waals surface area contributed by atoms with Gasteiger partial charge in [0.1, 0.15) is 6.10 Å². The number of thiophene rings is 1. The van der Waals surface area contributed by atoms with E-state index in [1.54, 1.807) is 0 Å². The fourth-order valence-electron chi connectivity index (χ4n) is 2.39. The van der Waals surface area contributed by atoms with E-state index >= 15 is 0 Å². The summed E-state index contributed by atoms with van der Waals surface area (Å²) in [6.45, 7) is 0. The van der Waals surface area contributed by atoms with E-state index in [1.165, 1.54) is 43.4 Å². The molecule has 1 N–H and O–H groups in total. The standard InChI is InChI=1S/C15H19NOS/c16-9-8-14(17)15-10-13(11-18-15)7-6-12-4-2-1-3-5-12/h6-7,10-12,14,17H,1-5,8H2/b7-6+. The smallest absolute Gasteiger partial charge is 0.101 e. The summed E-state index contributed by atoms with van der Waals surface area (Å²) in [5.41, 5.74) is 1.15. The lowest BCUT2D eigenvalue weighted by molar-refractivity contribution is 0.187. The van der Waals surface area contributed by atoms with Crippen molar-refractivity contribution in [2.75, 3.05) is 0 Å². The van der Waals surface area contributed by atoms with Gasteiger partial charge in [-0.15, -0.1) is 11.3 Å². The van der Waals surface area contributed by atoms with Gasteiger partial charge >= 0.3 is 0 Å². The Morgan fingerprint density at radius 1 is 1.44 bits per heavy atom. The number of aliphatic hydroxyl groups is 1. The third kappa shape index (κ3) is 3.69. The van der Waals surface area contributed by atoms with Crippen LogP contribution in [0.2, 0.25) is 0 Å². The van der Waals surface area contributed by atoms with Crippen molar-refractivity contribution >= 4 is 17.4 Å². The summed E-state index contributed by atoms with van der Waals surface area (Å²) in [7, 11) is 0. The van der Waals surface area contributed by atoms with E-state index in [0.29, 0.717) is 0 Å². The summed E-state index contributed by atoms with van der Waals surface area (Å²) in [6.07, 6.45) is 10.7. The number of hydrogen-bond donors (Lipinski definition) is 1. The second-order valence-electron chi connectivity index (χ2n) is 4.92. The van der Waals surface area contributed by atoms with Crippen molar-refractivity contribution in [1.82, 2.24) is 0 Å². The number of nitrogens with zero attached hydrogens (tertiary/aromatic N) is 1. The van der Waals surface area contributed by atoms with Crippen molar-refractivity contribution in [3.63, 3.8) is 0 Å². The van der Waals surface area contributed by atoms with E-state index < -0.39 is 6.10 Å². The Labute approximate surface area is 113 Å². The van der Waals surface area contributed by atoms with Gasteiger partial charge in [-0.1, -0.05) is 31.4 Å². The molecule has 1 aliphatic carbocycles. The van der Waals surface area contributed by atoms with Gasteiger partial charge in [0.05, 0.1) is 12.5 Å². The molecule has 1 aromatic rings. The molecule has 1 fully saturated rings. The molecule has 2 nitrogen and oxygen atoms in total. The van der Waals surface area contributed by atoms with Gasteiger partial charge in [0.2, 0.25) is 0 Å². The zero-order valence-corrected chi connectivity index (χ0v) is 11.3. The molecule has 1 aliphatic rings. The number of rotatable bonds is 4. The first-order valence-electron chi connectivity index (χ1n) is 6.61. The average Bonchev–Trinajstić information content (AvgIpc) is 2.87. The lowest BCUT2D eigenvalue weighted by atomic mass is 9.89. The van der Waals surface area contributed by atoms with Crippen LogP contribution in [0.25, 0.3) is 6.08 Å². The highest BCUT2D eigenvalue weighted by Crippen LogP contribution is 2.28. The van der Waals surface area contributed by atoms with Crippen LogP contribution < -0.4 is 0 Å². The van der Waals surface area contributed by atoms with Crippen LogP contribution in [0.15, 0.2) is 17.5 Å². The molecule has 96 valence electrons. The number of hydrogen-bond acceptors (Lipinski definition) is 3. The zero-order chi connectivity index (χ0) is 12.8. The highest BCUT2D eigenvalue weighted by Gasteiger charge is 2.11. The van der Waals surface area contributed by atoms with Crippen LogP contribution in [-0.4, -0.2) is 5.11 Å². The first-order valence-corrected chi connectivity index (χ1v) is 7.49. The third-order valence-electron chi connectivity index (χ3n) is 3.46. The third-order valence-corrected chi connectivity index (χ3v) is 4.52. The molecular weight excluding hydrogens is 242 g/mol. The number of nitriles is 1. The molecule has 1 aromatic heterocycles. The monoisotopic (exact) mass is 261 g/mol. The topological polar surface area (TPSA) is 44.0 Å². The van der Waals surface area contributed by atoms with Gasteiger partial charge in [0.25, 0.3) is 0 Å². The van der Waals surface area contributed by atoms with Crippen LogP contribution in [-0.2, 0) is 0 Å². The van der Waals surface area contributed by atoms with Gasteiger partial charge in [-0.05, 0) is 35.8 Å². The van der Waals surface area contributed by atoms with Crippen LogP contribution in [0.1, 0.15) is 55.1 Å². The van der Waals surface area contributed by atoms with E-state index in [9.17, 15) is 5.11 Å². The van der Waals surface area contributed by atoms with E-state index in [1.807, 2.05) is 12.1 Å². The second kappa shape index (κ2) is 6.72. The Hall–Kier alpha value is -1.11. The molecule has 2 rings (SSSR count). The Bertz CT molecular complexity index is 438. The van der Waals surface area contributed by atoms with E-state index in [-0.39, 0.29) is 6.42 Å². The van der Waals surface area contributed by atoms with E-state index in [2.05, 4.69) is 17.5 Å². The fraction of sp³-hybridized carbons (Fsp3) is 0.533. The summed E-state index contributed by atoms with van der Waals surface area (Å²) in [5.74, 6) is 0.728. The first kappa shape index (κ1) is 13.3. The molecule has 0 amide bonds. The lowest BCUT2D eigenvalue weighted by Crippen LogP contribution is -2.02. The van der Waals surface area contributed by atoms with Crippen molar-refractivity contribution in [2.45, 2.75) is 44.6 Å². The maximum Gasteiger partial charge on any atom is 0.101 e. The molecule has 1 saturated carbocycles. The van der Waals surface area contributed by atoms with Crippen molar-refractivity contribution in [3.05, 3.63) is 28.0 Å². The summed E-state index contributed by atoms with van der Waals surface area (Å²) in [5, 5.41) is 20.3. The van der Waals surface area contributed by atoms with Crippen LogP contribution >= 0.6 is 11.3 Å². The second-order valence-corrected chi connectivity index (χ2v) is 5.86. The van der Waals surface area contributed by atoms with Crippen LogP contribution in [0.5, 0.6) is 0 Å². The first-order chi connectivity index (χ1) is 8.79. The van der Waals surface area contributed by atoms with Crippen molar-refractivity contribution in [3.8, 4) is 6.07 Å². The average molecular weight is 261 g/mol. The molecule has 3 heteroatoms. The van der Waals surface area contributed by atoms with Crippen LogP contribution in [0, 0.1) is 17.2 Å². The molecular formula is C15H19NOS. The van der Waals surface area contributed by atoms with Gasteiger partial charge < -0.3 is 5.11 Å². The summed E-state index contributed by atoms with van der Waals surface area (Å²) < 4.78 is 0. The zero-order valence-electron chi connectivity index (χ0n) is 10.5. The summed E-state index contributed by atoms with van der Waals surface area (Å²) in [4.78, 5) is 0.889. The lowest BCUT2D eigenvalue weighted by Gasteiger charge is -2.17. The molecule has 1 unspecified atom stereocenters. The minimum Gasteiger partial charge on any atom is -0.386 e. The van der Waals surface area contributed by atoms with Gasteiger partial charge in [-0.25, -0.2) is 0 Å². The largest absolute Gasteiger partial charge is 0.386 e. The quantitative estimate of drug-likeness (QED) is 0.878. The van der Waals surface area contributed by atoms with E-state index in [4.69, 9.17) is 5.26 Å². The highest BCUT2D eigenvalue weighted by molar-refractivity contribution is 7.10. The minimum atomic E-state index is -0.628. The molecule has 1 heterocycles. The molecule has 0 spiro atoms. The number of aliphatic hydroxyl groups excluding tert-OH is 1. The highest BCUT2D eigenvalue weighted by atomic mass is 32.1. The van der Waals surface area contributed by atoms with E-state index in [0.717, 1.165) is 16.4 Å². The maximum absolute atomic E-state index is 9.71. The van der Waals surface area contributed by atoms with Crippen molar-refractivity contribution in [1.29, 1.82) is 5.26 Å². The fourth-order valence-corrected chi connectivity index (χ4v) is 3.25. The molecule has 18 heavy (non-hydrogen) atoms. The van der Waals surface area contributed by atoms with Gasteiger partial charge in [0, 0.05) is 4.88 Å². The minimum absolute atomic E-state index is 0.173. The molecule has 0 aliphatic heterocycles. The van der Waals surface area contributed by atoms with Crippen molar-refractivity contribution in [2.24, 2.45) is 5.92 Å². The molecule has 0 saturated heterocycles. The van der Waals surface area contributed by atoms with Gasteiger partial charge in [-0.3, -0.25) is 0 Å². The predicted octanol–water partition coefficient (Wildman–Crippen LogP) is 4.29. The van der Waals surface area contributed by atoms with Crippen LogP contribution in [0.4, 0.5) is 0 Å². The van der Waals surface area contributed by atoms with Crippen molar-refractivity contribution < 1.29 is 5.11 Å². The molecule has 0 aromatic carbocycles. The Morgan fingerprint density at radius 2 is 2.22 bits per heavy atom.